The van der Waals surface area contributed by atoms with Gasteiger partial charge in [-0.2, -0.15) is 0 Å². The van der Waals surface area contributed by atoms with E-state index >= 15 is 0 Å². The zero-order chi connectivity index (χ0) is 19.5. The predicted molar refractivity (Wildman–Crippen MR) is 95.2 cm³/mol. The number of nitrogens with one attached hydrogen (secondary N) is 1. The smallest absolute Gasteiger partial charge is 0.335 e. The predicted octanol–water partition coefficient (Wildman–Crippen LogP) is 1.90. The van der Waals surface area contributed by atoms with E-state index in [1.807, 2.05) is 0 Å². The van der Waals surface area contributed by atoms with Crippen molar-refractivity contribution in [1.82, 2.24) is 4.90 Å². The Hall–Kier alpha value is -3.07. The number of carbonyl (C=O) groups excluding carboxylic acids is 1. The summed E-state index contributed by atoms with van der Waals surface area (Å²) in [5.41, 5.74) is 0.282. The van der Waals surface area contributed by atoms with E-state index < -0.39 is 16.0 Å². The summed E-state index contributed by atoms with van der Waals surface area (Å²) in [6.07, 6.45) is 0. The normalized spacial score (nSPS) is 10.9. The fourth-order valence-corrected chi connectivity index (χ4v) is 3.45. The van der Waals surface area contributed by atoms with Gasteiger partial charge in [-0.25, -0.2) is 13.2 Å². The molecule has 0 aliphatic heterocycles. The minimum atomic E-state index is -4.14. The van der Waals surface area contributed by atoms with Gasteiger partial charge in [-0.3, -0.25) is 9.52 Å². The largest absolute Gasteiger partial charge is 0.495 e. The van der Waals surface area contributed by atoms with Crippen molar-refractivity contribution < 1.29 is 27.9 Å². The lowest BCUT2D eigenvalue weighted by Gasteiger charge is -2.14. The molecule has 0 fully saturated rings. The van der Waals surface area contributed by atoms with E-state index in [2.05, 4.69) is 4.72 Å². The van der Waals surface area contributed by atoms with E-state index in [4.69, 9.17) is 9.84 Å². The number of carboxylic acid groups (broad SMARTS) is 1. The highest BCUT2D eigenvalue weighted by atomic mass is 32.2. The number of amides is 1. The third-order valence-corrected chi connectivity index (χ3v) is 4.87. The molecule has 0 saturated heterocycles. The van der Waals surface area contributed by atoms with E-state index in [0.29, 0.717) is 5.56 Å². The lowest BCUT2D eigenvalue weighted by atomic mass is 10.2. The van der Waals surface area contributed by atoms with Crippen LogP contribution >= 0.6 is 0 Å². The molecule has 0 radical (unpaired) electrons. The third kappa shape index (κ3) is 4.12. The van der Waals surface area contributed by atoms with Gasteiger partial charge in [-0.15, -0.1) is 0 Å². The molecule has 0 spiro atoms. The summed E-state index contributed by atoms with van der Waals surface area (Å²) in [7, 11) is 0.314. The molecule has 9 heteroatoms. The zero-order valence-electron chi connectivity index (χ0n) is 14.4. The number of sulfonamides is 1. The molecule has 2 rings (SSSR count). The molecule has 0 heterocycles. The molecule has 0 atom stereocenters. The lowest BCUT2D eigenvalue weighted by Crippen LogP contribution is -2.22. The molecule has 0 unspecified atom stereocenters. The molecule has 0 aromatic heterocycles. The topological polar surface area (TPSA) is 113 Å². The first kappa shape index (κ1) is 19.3. The molecular weight excluding hydrogens is 360 g/mol. The van der Waals surface area contributed by atoms with Gasteiger partial charge in [-0.1, -0.05) is 6.07 Å². The van der Waals surface area contributed by atoms with Crippen molar-refractivity contribution in [2.45, 2.75) is 4.90 Å². The van der Waals surface area contributed by atoms with Crippen LogP contribution in [0, 0.1) is 0 Å². The van der Waals surface area contributed by atoms with Crippen LogP contribution in [0.5, 0.6) is 5.75 Å². The Labute approximate surface area is 151 Å². The fraction of sp³-hybridized carbons (Fsp3) is 0.176. The van der Waals surface area contributed by atoms with E-state index in [-0.39, 0.29) is 27.8 Å². The number of methoxy groups -OCH3 is 1. The van der Waals surface area contributed by atoms with Crippen molar-refractivity contribution in [1.29, 1.82) is 0 Å². The minimum absolute atomic E-state index is 0.00280. The molecule has 2 aromatic carbocycles. The van der Waals surface area contributed by atoms with Crippen LogP contribution in [-0.2, 0) is 10.0 Å². The Bertz CT molecular complexity index is 953. The van der Waals surface area contributed by atoms with Crippen LogP contribution in [0.25, 0.3) is 0 Å². The summed E-state index contributed by atoms with van der Waals surface area (Å²) in [5, 5.41) is 9.08. The van der Waals surface area contributed by atoms with Crippen LogP contribution in [0.4, 0.5) is 5.69 Å². The van der Waals surface area contributed by atoms with Crippen molar-refractivity contribution in [3.63, 3.8) is 0 Å². The van der Waals surface area contributed by atoms with E-state index in [9.17, 15) is 18.0 Å². The summed E-state index contributed by atoms with van der Waals surface area (Å²) in [6.45, 7) is 0. The Morgan fingerprint density at radius 2 is 1.77 bits per heavy atom. The van der Waals surface area contributed by atoms with Crippen molar-refractivity contribution in [2.24, 2.45) is 0 Å². The Balaban J connectivity index is 2.44. The SMILES string of the molecule is COc1ccc(C(=O)O)cc1S(=O)(=O)Nc1cccc(C(=O)N(C)C)c1. The average molecular weight is 378 g/mol. The molecule has 0 saturated carbocycles. The number of ether oxygens (including phenoxy) is 1. The number of anilines is 1. The highest BCUT2D eigenvalue weighted by molar-refractivity contribution is 7.92. The third-order valence-electron chi connectivity index (χ3n) is 3.47. The quantitative estimate of drug-likeness (QED) is 0.794. The van der Waals surface area contributed by atoms with Crippen molar-refractivity contribution in [3.05, 3.63) is 53.6 Å². The standard InChI is InChI=1S/C17H18N2O6S/c1-19(2)16(20)11-5-4-6-13(9-11)18-26(23,24)15-10-12(17(21)22)7-8-14(15)25-3/h4-10,18H,1-3H3,(H,21,22). The first-order valence-corrected chi connectivity index (χ1v) is 8.90. The monoisotopic (exact) mass is 378 g/mol. The maximum atomic E-state index is 12.7. The highest BCUT2D eigenvalue weighted by Crippen LogP contribution is 2.27. The summed E-state index contributed by atoms with van der Waals surface area (Å²) < 4.78 is 32.7. The Morgan fingerprint density at radius 1 is 1.08 bits per heavy atom. The second kappa shape index (κ2) is 7.44. The molecule has 138 valence electrons. The number of nitrogens with zero attached hydrogens (tertiary/aromatic N) is 1. The molecule has 1 amide bonds. The number of benzene rings is 2. The van der Waals surface area contributed by atoms with E-state index in [1.54, 1.807) is 26.2 Å². The van der Waals surface area contributed by atoms with Crippen LogP contribution in [0.15, 0.2) is 47.4 Å². The summed E-state index contributed by atoms with van der Waals surface area (Å²) >= 11 is 0. The van der Waals surface area contributed by atoms with Crippen molar-refractivity contribution in [3.8, 4) is 5.75 Å². The highest BCUT2D eigenvalue weighted by Gasteiger charge is 2.22. The van der Waals surface area contributed by atoms with Gasteiger partial charge in [0.25, 0.3) is 15.9 Å². The van der Waals surface area contributed by atoms with Crippen molar-refractivity contribution in [2.75, 3.05) is 25.9 Å². The fourth-order valence-electron chi connectivity index (χ4n) is 2.20. The van der Waals surface area contributed by atoms with Gasteiger partial charge in [-0.05, 0) is 36.4 Å². The second-order valence-corrected chi connectivity index (χ2v) is 7.21. The number of hydrogen-bond acceptors (Lipinski definition) is 5. The van der Waals surface area contributed by atoms with Crippen LogP contribution in [0.3, 0.4) is 0 Å². The van der Waals surface area contributed by atoms with Gasteiger partial charge in [0.05, 0.1) is 12.7 Å². The average Bonchev–Trinajstić information content (AvgIpc) is 2.60. The van der Waals surface area contributed by atoms with Crippen LogP contribution in [0.2, 0.25) is 0 Å². The molecule has 0 aliphatic rings. The van der Waals surface area contributed by atoms with Gasteiger partial charge in [0.1, 0.15) is 10.6 Å². The second-order valence-electron chi connectivity index (χ2n) is 5.56. The first-order chi connectivity index (χ1) is 12.2. The minimum Gasteiger partial charge on any atom is -0.495 e. The van der Waals surface area contributed by atoms with Gasteiger partial charge < -0.3 is 14.7 Å². The first-order valence-electron chi connectivity index (χ1n) is 7.41. The van der Waals surface area contributed by atoms with Crippen LogP contribution in [-0.4, -0.2) is 51.5 Å². The molecule has 0 bridgehead atoms. The molecule has 8 nitrogen and oxygen atoms in total. The summed E-state index contributed by atoms with van der Waals surface area (Å²) in [4.78, 5) is 24.2. The molecule has 0 aliphatic carbocycles. The van der Waals surface area contributed by atoms with Crippen LogP contribution in [0.1, 0.15) is 20.7 Å². The Kier molecular flexibility index (Phi) is 5.51. The maximum absolute atomic E-state index is 12.7. The Morgan fingerprint density at radius 3 is 2.35 bits per heavy atom. The zero-order valence-corrected chi connectivity index (χ0v) is 15.2. The van der Waals surface area contributed by atoms with Gasteiger partial charge >= 0.3 is 5.97 Å². The van der Waals surface area contributed by atoms with Gasteiger partial charge in [0.15, 0.2) is 0 Å². The van der Waals surface area contributed by atoms with Crippen molar-refractivity contribution >= 4 is 27.6 Å². The van der Waals surface area contributed by atoms with Crippen LogP contribution < -0.4 is 9.46 Å². The van der Waals surface area contributed by atoms with Gasteiger partial charge in [0, 0.05) is 25.3 Å². The molecule has 26 heavy (non-hydrogen) atoms. The number of carbonyl (C=O) groups is 2. The number of hydrogen-bond donors (Lipinski definition) is 2. The van der Waals surface area contributed by atoms with E-state index in [1.165, 1.54) is 36.3 Å². The molecular formula is C17H18N2O6S. The summed E-state index contributed by atoms with van der Waals surface area (Å²) in [5.74, 6) is -1.54. The summed E-state index contributed by atoms with van der Waals surface area (Å²) in [6, 6.07) is 9.51. The number of rotatable bonds is 6. The number of carboxylic acids is 1. The van der Waals surface area contributed by atoms with E-state index in [0.717, 1.165) is 6.07 Å². The number of aromatic carboxylic acids is 1. The van der Waals surface area contributed by atoms with Gasteiger partial charge in [0.2, 0.25) is 0 Å². The lowest BCUT2D eigenvalue weighted by molar-refractivity contribution is 0.0696. The molecule has 2 N–H and O–H groups in total. The maximum Gasteiger partial charge on any atom is 0.335 e. The molecule has 2 aromatic rings.